The first-order valence-electron chi connectivity index (χ1n) is 8.44. The molecule has 0 unspecified atom stereocenters. The molecule has 0 amide bonds. The molecule has 0 radical (unpaired) electrons. The van der Waals surface area contributed by atoms with Gasteiger partial charge >= 0.3 is 0 Å². The van der Waals surface area contributed by atoms with E-state index >= 15 is 0 Å². The van der Waals surface area contributed by atoms with Crippen LogP contribution in [0.1, 0.15) is 30.3 Å². The van der Waals surface area contributed by atoms with Crippen LogP contribution >= 0.6 is 23.8 Å². The Morgan fingerprint density at radius 3 is 2.78 bits per heavy atom. The van der Waals surface area contributed by atoms with E-state index in [4.69, 9.17) is 28.6 Å². The number of hydrogen-bond donors (Lipinski definition) is 1. The van der Waals surface area contributed by atoms with Gasteiger partial charge in [0.05, 0.1) is 17.8 Å². The normalized spacial score (nSPS) is 11.2. The number of aromatic amines is 1. The van der Waals surface area contributed by atoms with E-state index in [1.165, 1.54) is 16.8 Å². The van der Waals surface area contributed by atoms with Crippen molar-refractivity contribution < 1.29 is 9.13 Å². The Morgan fingerprint density at radius 1 is 1.30 bits per heavy atom. The van der Waals surface area contributed by atoms with Crippen LogP contribution in [0.2, 0.25) is 5.02 Å². The summed E-state index contributed by atoms with van der Waals surface area (Å²) in [7, 11) is 0. The lowest BCUT2D eigenvalue weighted by Crippen LogP contribution is -2.01. The predicted octanol–water partition coefficient (Wildman–Crippen LogP) is 4.99. The zero-order chi connectivity index (χ0) is 19.2. The van der Waals surface area contributed by atoms with E-state index in [9.17, 15) is 4.39 Å². The van der Waals surface area contributed by atoms with Crippen molar-refractivity contribution in [3.8, 4) is 5.75 Å². The standard InChI is InChI=1S/C19H18ClFN4OS/c1-2-9-26-17-8-5-14(10-16(17)20)12-22-25-18(23-24-19(25)27)11-13-3-6-15(21)7-4-13/h3-8,10,12H,2,9,11H2,1H3,(H,24,27)/b22-12-. The maximum Gasteiger partial charge on any atom is 0.216 e. The maximum atomic E-state index is 13.1. The SMILES string of the molecule is CCCOc1ccc(/C=N\n2c(Cc3ccc(F)cc3)n[nH]c2=S)cc1Cl. The molecule has 0 aliphatic rings. The third kappa shape index (κ3) is 5.02. The number of rotatable bonds is 7. The summed E-state index contributed by atoms with van der Waals surface area (Å²) >= 11 is 11.5. The fourth-order valence-electron chi connectivity index (χ4n) is 2.39. The van der Waals surface area contributed by atoms with E-state index in [2.05, 4.69) is 15.3 Å². The van der Waals surface area contributed by atoms with Crippen molar-refractivity contribution in [2.24, 2.45) is 5.10 Å². The molecule has 27 heavy (non-hydrogen) atoms. The number of aromatic nitrogens is 3. The van der Waals surface area contributed by atoms with Crippen LogP contribution < -0.4 is 4.74 Å². The highest BCUT2D eigenvalue weighted by Crippen LogP contribution is 2.25. The van der Waals surface area contributed by atoms with Gasteiger partial charge in [0.1, 0.15) is 11.6 Å². The topological polar surface area (TPSA) is 55.2 Å². The van der Waals surface area contributed by atoms with Gasteiger partial charge in [-0.25, -0.2) is 4.39 Å². The lowest BCUT2D eigenvalue weighted by molar-refractivity contribution is 0.317. The molecule has 8 heteroatoms. The minimum absolute atomic E-state index is 0.279. The second-order valence-electron chi connectivity index (χ2n) is 5.84. The van der Waals surface area contributed by atoms with Gasteiger partial charge in [0, 0.05) is 6.42 Å². The summed E-state index contributed by atoms with van der Waals surface area (Å²) in [5.74, 6) is 0.989. The van der Waals surface area contributed by atoms with Crippen molar-refractivity contribution in [3.05, 3.63) is 75.0 Å². The van der Waals surface area contributed by atoms with E-state index < -0.39 is 0 Å². The number of halogens is 2. The summed E-state index contributed by atoms with van der Waals surface area (Å²) in [4.78, 5) is 0. The van der Waals surface area contributed by atoms with Crippen molar-refractivity contribution in [3.63, 3.8) is 0 Å². The van der Waals surface area contributed by atoms with Gasteiger partial charge in [0.2, 0.25) is 4.77 Å². The molecule has 0 aliphatic carbocycles. The summed E-state index contributed by atoms with van der Waals surface area (Å²) < 4.78 is 20.5. The van der Waals surface area contributed by atoms with Crippen LogP contribution in [0.4, 0.5) is 4.39 Å². The molecule has 0 bridgehead atoms. The summed E-state index contributed by atoms with van der Waals surface area (Å²) in [6, 6.07) is 11.7. The Balaban J connectivity index is 1.79. The van der Waals surface area contributed by atoms with Crippen LogP contribution in [0, 0.1) is 10.6 Å². The number of H-pyrrole nitrogens is 1. The van der Waals surface area contributed by atoms with Gasteiger partial charge in [0.25, 0.3) is 0 Å². The Hall–Kier alpha value is -2.51. The molecule has 5 nitrogen and oxygen atoms in total. The van der Waals surface area contributed by atoms with Crippen molar-refractivity contribution in [2.75, 3.05) is 6.61 Å². The Bertz CT molecular complexity index is 998. The molecule has 0 fully saturated rings. The molecule has 1 heterocycles. The number of benzene rings is 2. The van der Waals surface area contributed by atoms with Crippen LogP contribution in [-0.4, -0.2) is 27.7 Å². The second kappa shape index (κ2) is 8.92. The van der Waals surface area contributed by atoms with E-state index in [0.29, 0.717) is 34.4 Å². The van der Waals surface area contributed by atoms with Crippen molar-refractivity contribution >= 4 is 30.0 Å². The lowest BCUT2D eigenvalue weighted by atomic mass is 10.1. The molecule has 0 spiro atoms. The zero-order valence-corrected chi connectivity index (χ0v) is 16.2. The van der Waals surface area contributed by atoms with Gasteiger partial charge in [-0.15, -0.1) is 0 Å². The fraction of sp³-hybridized carbons (Fsp3) is 0.211. The van der Waals surface area contributed by atoms with Gasteiger partial charge in [0.15, 0.2) is 5.82 Å². The maximum absolute atomic E-state index is 13.1. The van der Waals surface area contributed by atoms with Crippen LogP contribution in [0.5, 0.6) is 5.75 Å². The van der Waals surface area contributed by atoms with Crippen LogP contribution in [0.3, 0.4) is 0 Å². The highest BCUT2D eigenvalue weighted by molar-refractivity contribution is 7.71. The third-order valence-corrected chi connectivity index (χ3v) is 4.29. The molecule has 0 aliphatic heterocycles. The third-order valence-electron chi connectivity index (χ3n) is 3.73. The van der Waals surface area contributed by atoms with Crippen LogP contribution in [0.15, 0.2) is 47.6 Å². The highest BCUT2D eigenvalue weighted by Gasteiger charge is 2.07. The summed E-state index contributed by atoms with van der Waals surface area (Å²) in [5.41, 5.74) is 1.71. The van der Waals surface area contributed by atoms with E-state index in [1.54, 1.807) is 24.4 Å². The Morgan fingerprint density at radius 2 is 2.07 bits per heavy atom. The largest absolute Gasteiger partial charge is 0.492 e. The highest BCUT2D eigenvalue weighted by atomic mass is 35.5. The summed E-state index contributed by atoms with van der Waals surface area (Å²) in [6.07, 6.45) is 3.03. The Kier molecular flexibility index (Phi) is 6.36. The molecular weight excluding hydrogens is 387 g/mol. The molecule has 1 aromatic heterocycles. The number of hydrogen-bond acceptors (Lipinski definition) is 4. The zero-order valence-electron chi connectivity index (χ0n) is 14.7. The first kappa shape index (κ1) is 19.3. The predicted molar refractivity (Wildman–Crippen MR) is 107 cm³/mol. The first-order valence-corrected chi connectivity index (χ1v) is 9.23. The van der Waals surface area contributed by atoms with Gasteiger partial charge < -0.3 is 4.74 Å². The summed E-state index contributed by atoms with van der Waals surface area (Å²) in [6.45, 7) is 2.65. The van der Waals surface area contributed by atoms with Gasteiger partial charge in [-0.05, 0) is 60.1 Å². The van der Waals surface area contributed by atoms with E-state index in [0.717, 1.165) is 17.5 Å². The lowest BCUT2D eigenvalue weighted by Gasteiger charge is -2.07. The molecule has 3 aromatic rings. The van der Waals surface area contributed by atoms with Crippen molar-refractivity contribution in [1.82, 2.24) is 14.9 Å². The summed E-state index contributed by atoms with van der Waals surface area (Å²) in [5, 5.41) is 11.9. The smallest absolute Gasteiger partial charge is 0.216 e. The molecule has 0 saturated carbocycles. The van der Waals surface area contributed by atoms with Gasteiger partial charge in [-0.1, -0.05) is 30.7 Å². The van der Waals surface area contributed by atoms with Crippen molar-refractivity contribution in [2.45, 2.75) is 19.8 Å². The minimum Gasteiger partial charge on any atom is -0.492 e. The second-order valence-corrected chi connectivity index (χ2v) is 6.64. The van der Waals surface area contributed by atoms with Crippen LogP contribution in [-0.2, 0) is 6.42 Å². The molecule has 0 atom stereocenters. The molecule has 0 saturated heterocycles. The number of nitrogens with one attached hydrogen (secondary N) is 1. The number of nitrogens with zero attached hydrogens (tertiary/aromatic N) is 3. The van der Waals surface area contributed by atoms with Crippen LogP contribution in [0.25, 0.3) is 0 Å². The average Bonchev–Trinajstić information content (AvgIpc) is 3.00. The number of ether oxygens (including phenoxy) is 1. The molecular formula is C19H18ClFN4OS. The molecule has 2 aromatic carbocycles. The fourth-order valence-corrected chi connectivity index (χ4v) is 2.84. The van der Waals surface area contributed by atoms with E-state index in [-0.39, 0.29) is 5.82 Å². The molecule has 140 valence electrons. The quantitative estimate of drug-likeness (QED) is 0.445. The molecule has 1 N–H and O–H groups in total. The average molecular weight is 405 g/mol. The van der Waals surface area contributed by atoms with Gasteiger partial charge in [-0.2, -0.15) is 14.9 Å². The first-order chi connectivity index (χ1) is 13.1. The monoisotopic (exact) mass is 404 g/mol. The Labute approximate surface area is 166 Å². The minimum atomic E-state index is -0.279. The van der Waals surface area contributed by atoms with Gasteiger partial charge in [-0.3, -0.25) is 5.10 Å². The van der Waals surface area contributed by atoms with E-state index in [1.807, 2.05) is 19.1 Å². The molecule has 3 rings (SSSR count). The van der Waals surface area contributed by atoms with Crippen molar-refractivity contribution in [1.29, 1.82) is 0 Å².